The number of benzene rings is 1. The molecule has 0 unspecified atom stereocenters. The van der Waals surface area contributed by atoms with Gasteiger partial charge in [0.05, 0.1) is 5.02 Å². The molecule has 2 heterocycles. The Kier molecular flexibility index (Phi) is 2.54. The van der Waals surface area contributed by atoms with Gasteiger partial charge < -0.3 is 10.2 Å². The van der Waals surface area contributed by atoms with Crippen LogP contribution >= 0.6 is 11.6 Å². The van der Waals surface area contributed by atoms with Gasteiger partial charge in [-0.1, -0.05) is 17.7 Å². The zero-order chi connectivity index (χ0) is 12.9. The molecule has 3 nitrogen and oxygen atoms in total. The van der Waals surface area contributed by atoms with Gasteiger partial charge in [-0.05, 0) is 31.5 Å². The van der Waals surface area contributed by atoms with E-state index in [1.807, 2.05) is 19.9 Å². The first-order chi connectivity index (χ1) is 8.58. The van der Waals surface area contributed by atoms with Crippen molar-refractivity contribution in [2.45, 2.75) is 19.9 Å². The lowest BCUT2D eigenvalue weighted by Crippen LogP contribution is -2.05. The summed E-state index contributed by atoms with van der Waals surface area (Å²) < 4.78 is 5.86. The number of rotatable bonds is 1. The maximum atomic E-state index is 6.14. The molecule has 2 N–H and O–H groups in total. The second kappa shape index (κ2) is 3.97. The minimum Gasteiger partial charge on any atom is -0.452 e. The molecule has 0 radical (unpaired) electrons. The molecule has 0 spiro atoms. The van der Waals surface area contributed by atoms with Gasteiger partial charge >= 0.3 is 0 Å². The van der Waals surface area contributed by atoms with Crippen LogP contribution in [0.4, 0.5) is 0 Å². The molecule has 0 bridgehead atoms. The van der Waals surface area contributed by atoms with Gasteiger partial charge in [0.1, 0.15) is 11.1 Å². The first-order valence-electron chi connectivity index (χ1n) is 5.81. The highest BCUT2D eigenvalue weighted by Crippen LogP contribution is 2.35. The SMILES string of the molecule is Cc1cc([C@@H](C)N)c2oc3c(Cl)ccnc3c2c1. The summed E-state index contributed by atoms with van der Waals surface area (Å²) in [7, 11) is 0. The van der Waals surface area contributed by atoms with Crippen LogP contribution in [0.25, 0.3) is 22.1 Å². The van der Waals surface area contributed by atoms with Crippen molar-refractivity contribution < 1.29 is 4.42 Å². The average molecular weight is 261 g/mol. The van der Waals surface area contributed by atoms with E-state index in [4.69, 9.17) is 21.8 Å². The van der Waals surface area contributed by atoms with Crippen LogP contribution in [0.2, 0.25) is 5.02 Å². The molecule has 0 amide bonds. The van der Waals surface area contributed by atoms with E-state index >= 15 is 0 Å². The largest absolute Gasteiger partial charge is 0.452 e. The molecule has 0 fully saturated rings. The lowest BCUT2D eigenvalue weighted by atomic mass is 10.0. The second-order valence-corrected chi connectivity index (χ2v) is 5.00. The molecule has 3 rings (SSSR count). The van der Waals surface area contributed by atoms with Crippen molar-refractivity contribution in [3.63, 3.8) is 0 Å². The van der Waals surface area contributed by atoms with Crippen LogP contribution in [0.15, 0.2) is 28.8 Å². The van der Waals surface area contributed by atoms with Gasteiger partial charge in [-0.2, -0.15) is 0 Å². The number of fused-ring (bicyclic) bond motifs is 3. The molecule has 1 atom stereocenters. The number of pyridine rings is 1. The summed E-state index contributed by atoms with van der Waals surface area (Å²) in [6, 6.07) is 5.73. The summed E-state index contributed by atoms with van der Waals surface area (Å²) in [5.74, 6) is 0. The Bertz CT molecular complexity index is 746. The zero-order valence-corrected chi connectivity index (χ0v) is 11.0. The van der Waals surface area contributed by atoms with Crippen LogP contribution in [0.1, 0.15) is 24.1 Å². The Hall–Kier alpha value is -1.58. The Morgan fingerprint density at radius 3 is 2.83 bits per heavy atom. The van der Waals surface area contributed by atoms with Crippen molar-refractivity contribution in [3.8, 4) is 0 Å². The van der Waals surface area contributed by atoms with Crippen molar-refractivity contribution in [2.24, 2.45) is 5.73 Å². The molecule has 3 aromatic rings. The molecule has 0 aliphatic carbocycles. The Morgan fingerprint density at radius 2 is 2.11 bits per heavy atom. The number of furan rings is 1. The minimum absolute atomic E-state index is 0.0910. The Morgan fingerprint density at radius 1 is 1.33 bits per heavy atom. The van der Waals surface area contributed by atoms with Crippen molar-refractivity contribution in [1.29, 1.82) is 0 Å². The van der Waals surface area contributed by atoms with Crippen LogP contribution in [-0.4, -0.2) is 4.98 Å². The van der Waals surface area contributed by atoms with E-state index in [1.165, 1.54) is 0 Å². The molecule has 92 valence electrons. The van der Waals surface area contributed by atoms with Crippen molar-refractivity contribution >= 4 is 33.7 Å². The van der Waals surface area contributed by atoms with E-state index in [-0.39, 0.29) is 6.04 Å². The quantitative estimate of drug-likeness (QED) is 0.720. The smallest absolute Gasteiger partial charge is 0.172 e. The van der Waals surface area contributed by atoms with E-state index in [0.717, 1.165) is 27.6 Å². The number of nitrogens with zero attached hydrogens (tertiary/aromatic N) is 1. The standard InChI is InChI=1S/C14H13ClN2O/c1-7-5-9(8(2)16)13-10(6-7)12-14(18-13)11(15)3-4-17-12/h3-6,8H,16H2,1-2H3/t8-/m1/s1. The Labute approximate surface area is 110 Å². The maximum absolute atomic E-state index is 6.14. The molecule has 4 heteroatoms. The fraction of sp³-hybridized carbons (Fsp3) is 0.214. The van der Waals surface area contributed by atoms with Crippen molar-refractivity contribution in [1.82, 2.24) is 4.98 Å². The number of hydrogen-bond acceptors (Lipinski definition) is 3. The topological polar surface area (TPSA) is 52.0 Å². The normalized spacial score (nSPS) is 13.3. The van der Waals surface area contributed by atoms with E-state index in [2.05, 4.69) is 11.1 Å². The van der Waals surface area contributed by atoms with Gasteiger partial charge in [0.15, 0.2) is 5.58 Å². The lowest BCUT2D eigenvalue weighted by molar-refractivity contribution is 0.653. The van der Waals surface area contributed by atoms with Crippen LogP contribution < -0.4 is 5.73 Å². The highest BCUT2D eigenvalue weighted by molar-refractivity contribution is 6.35. The van der Waals surface area contributed by atoms with Gasteiger partial charge in [-0.3, -0.25) is 4.98 Å². The van der Waals surface area contributed by atoms with Gasteiger partial charge in [0.25, 0.3) is 0 Å². The maximum Gasteiger partial charge on any atom is 0.172 e. The fourth-order valence-corrected chi connectivity index (χ4v) is 2.43. The molecule has 18 heavy (non-hydrogen) atoms. The summed E-state index contributed by atoms with van der Waals surface area (Å²) >= 11 is 6.14. The van der Waals surface area contributed by atoms with E-state index in [9.17, 15) is 0 Å². The highest BCUT2D eigenvalue weighted by atomic mass is 35.5. The number of aromatic nitrogens is 1. The Balaban J connectivity index is 2.53. The first kappa shape index (κ1) is 11.5. The molecular weight excluding hydrogens is 248 g/mol. The summed E-state index contributed by atoms with van der Waals surface area (Å²) in [6.07, 6.45) is 1.69. The van der Waals surface area contributed by atoms with Crippen LogP contribution in [-0.2, 0) is 0 Å². The number of hydrogen-bond donors (Lipinski definition) is 1. The molecule has 0 aliphatic heterocycles. The zero-order valence-electron chi connectivity index (χ0n) is 10.2. The van der Waals surface area contributed by atoms with Gasteiger partial charge in [0, 0.05) is 23.2 Å². The molecule has 2 aromatic heterocycles. The third-order valence-corrected chi connectivity index (χ3v) is 3.37. The molecule has 1 aromatic carbocycles. The summed E-state index contributed by atoms with van der Waals surface area (Å²) in [5, 5.41) is 1.55. The molecule has 0 aliphatic rings. The third kappa shape index (κ3) is 1.59. The number of aryl methyl sites for hydroxylation is 1. The fourth-order valence-electron chi connectivity index (χ4n) is 2.24. The monoisotopic (exact) mass is 260 g/mol. The summed E-state index contributed by atoms with van der Waals surface area (Å²) in [5.41, 5.74) is 10.3. The third-order valence-electron chi connectivity index (χ3n) is 3.07. The van der Waals surface area contributed by atoms with E-state index < -0.39 is 0 Å². The highest BCUT2D eigenvalue weighted by Gasteiger charge is 2.16. The molecule has 0 saturated heterocycles. The van der Waals surface area contributed by atoms with Crippen LogP contribution in [0, 0.1) is 6.92 Å². The van der Waals surface area contributed by atoms with E-state index in [1.54, 1.807) is 12.3 Å². The first-order valence-corrected chi connectivity index (χ1v) is 6.18. The van der Waals surface area contributed by atoms with Crippen LogP contribution in [0.5, 0.6) is 0 Å². The van der Waals surface area contributed by atoms with Gasteiger partial charge in [-0.25, -0.2) is 0 Å². The van der Waals surface area contributed by atoms with Crippen molar-refractivity contribution in [3.05, 3.63) is 40.5 Å². The van der Waals surface area contributed by atoms with Crippen molar-refractivity contribution in [2.75, 3.05) is 0 Å². The van der Waals surface area contributed by atoms with E-state index in [0.29, 0.717) is 10.6 Å². The summed E-state index contributed by atoms with van der Waals surface area (Å²) in [4.78, 5) is 4.35. The lowest BCUT2D eigenvalue weighted by Gasteiger charge is -2.07. The molecular formula is C14H13ClN2O. The summed E-state index contributed by atoms with van der Waals surface area (Å²) in [6.45, 7) is 3.98. The van der Waals surface area contributed by atoms with Crippen LogP contribution in [0.3, 0.4) is 0 Å². The predicted molar refractivity (Wildman–Crippen MR) is 73.9 cm³/mol. The molecule has 0 saturated carbocycles. The van der Waals surface area contributed by atoms with Gasteiger partial charge in [-0.15, -0.1) is 0 Å². The number of nitrogens with two attached hydrogens (primary N) is 1. The number of halogens is 1. The van der Waals surface area contributed by atoms with Gasteiger partial charge in [0.2, 0.25) is 0 Å². The average Bonchev–Trinajstić information content (AvgIpc) is 2.68. The minimum atomic E-state index is -0.0910. The second-order valence-electron chi connectivity index (χ2n) is 4.59. The predicted octanol–water partition coefficient (Wildman–Crippen LogP) is 3.96.